The quantitative estimate of drug-likeness (QED) is 0.448. The van der Waals surface area contributed by atoms with Crippen molar-refractivity contribution in [3.8, 4) is 0 Å². The molecule has 2 aromatic carbocycles. The van der Waals surface area contributed by atoms with Crippen LogP contribution in [-0.4, -0.2) is 12.6 Å². The number of fused-ring (bicyclic) bond motifs is 1. The van der Waals surface area contributed by atoms with Crippen LogP contribution in [0.5, 0.6) is 0 Å². The lowest BCUT2D eigenvalue weighted by molar-refractivity contribution is 0.238. The van der Waals surface area contributed by atoms with Gasteiger partial charge in [-0.3, -0.25) is 5.43 Å². The number of hydrazine groups is 1. The zero-order chi connectivity index (χ0) is 13.9. The average molecular weight is 257 g/mol. The van der Waals surface area contributed by atoms with Gasteiger partial charge in [-0.25, -0.2) is 10.6 Å². The first-order valence-electron chi connectivity index (χ1n) is 6.27. The van der Waals surface area contributed by atoms with Gasteiger partial charge in [-0.1, -0.05) is 56.3 Å². The van der Waals surface area contributed by atoms with E-state index in [1.807, 2.05) is 12.1 Å². The zero-order valence-electron chi connectivity index (χ0n) is 11.2. The van der Waals surface area contributed by atoms with Gasteiger partial charge in [0.25, 0.3) is 0 Å². The Balaban J connectivity index is 2.24. The van der Waals surface area contributed by atoms with Crippen molar-refractivity contribution in [2.45, 2.75) is 19.3 Å². The van der Waals surface area contributed by atoms with Crippen molar-refractivity contribution in [2.75, 3.05) is 6.54 Å². The number of nitrogens with one attached hydrogen (secondary N) is 2. The molecule has 0 heterocycles. The molecule has 0 bridgehead atoms. The van der Waals surface area contributed by atoms with E-state index in [2.05, 4.69) is 54.9 Å². The molecule has 0 fully saturated rings. The van der Waals surface area contributed by atoms with Crippen molar-refractivity contribution >= 4 is 16.8 Å². The summed E-state index contributed by atoms with van der Waals surface area (Å²) in [4.78, 5) is 11.2. The fourth-order valence-corrected chi connectivity index (χ4v) is 2.06. The predicted octanol–water partition coefficient (Wildman–Crippen LogP) is 2.29. The maximum Gasteiger partial charge on any atom is 0.328 e. The van der Waals surface area contributed by atoms with Crippen LogP contribution in [0, 0.1) is 0 Å². The van der Waals surface area contributed by atoms with Crippen molar-refractivity contribution < 1.29 is 4.79 Å². The Morgan fingerprint density at radius 1 is 1.16 bits per heavy atom. The van der Waals surface area contributed by atoms with Crippen LogP contribution in [0.1, 0.15) is 19.4 Å². The molecule has 2 aromatic rings. The standard InChI is InChI=1S/C15H19N3O/c1-15(2,10-17-14(19)18-16)13-8-7-11-5-3-4-6-12(11)9-13/h3-9H,10,16H2,1-2H3,(H2,17,18,19). The second-order valence-corrected chi connectivity index (χ2v) is 5.27. The van der Waals surface area contributed by atoms with Crippen LogP contribution in [0.15, 0.2) is 42.5 Å². The van der Waals surface area contributed by atoms with Gasteiger partial charge in [-0.2, -0.15) is 0 Å². The fraction of sp³-hybridized carbons (Fsp3) is 0.267. The average Bonchev–Trinajstić information content (AvgIpc) is 2.44. The van der Waals surface area contributed by atoms with Crippen LogP contribution < -0.4 is 16.6 Å². The van der Waals surface area contributed by atoms with Crippen molar-refractivity contribution in [1.82, 2.24) is 10.7 Å². The molecular formula is C15H19N3O. The summed E-state index contributed by atoms with van der Waals surface area (Å²) >= 11 is 0. The molecule has 0 radical (unpaired) electrons. The summed E-state index contributed by atoms with van der Waals surface area (Å²) in [6.07, 6.45) is 0. The molecule has 2 amide bonds. The molecule has 4 N–H and O–H groups in total. The Hall–Kier alpha value is -2.07. The fourth-order valence-electron chi connectivity index (χ4n) is 2.06. The van der Waals surface area contributed by atoms with E-state index in [1.165, 1.54) is 16.3 Å². The molecule has 0 aliphatic heterocycles. The van der Waals surface area contributed by atoms with Gasteiger partial charge in [0.1, 0.15) is 0 Å². The number of amides is 2. The monoisotopic (exact) mass is 257 g/mol. The molecule has 0 atom stereocenters. The summed E-state index contributed by atoms with van der Waals surface area (Å²) in [5.41, 5.74) is 3.10. The Morgan fingerprint density at radius 2 is 1.84 bits per heavy atom. The van der Waals surface area contributed by atoms with E-state index in [1.54, 1.807) is 0 Å². The number of carbonyl (C=O) groups excluding carboxylic acids is 1. The molecule has 19 heavy (non-hydrogen) atoms. The first-order chi connectivity index (χ1) is 9.03. The summed E-state index contributed by atoms with van der Waals surface area (Å²) in [6, 6.07) is 14.2. The van der Waals surface area contributed by atoms with Crippen LogP contribution in [0.2, 0.25) is 0 Å². The van der Waals surface area contributed by atoms with Crippen LogP contribution in [0.25, 0.3) is 10.8 Å². The van der Waals surface area contributed by atoms with Gasteiger partial charge in [-0.05, 0) is 16.3 Å². The molecule has 0 saturated carbocycles. The molecule has 0 aromatic heterocycles. The van der Waals surface area contributed by atoms with E-state index in [9.17, 15) is 4.79 Å². The Morgan fingerprint density at radius 3 is 2.53 bits per heavy atom. The summed E-state index contributed by atoms with van der Waals surface area (Å²) in [7, 11) is 0. The highest BCUT2D eigenvalue weighted by atomic mass is 16.2. The smallest absolute Gasteiger partial charge is 0.328 e. The Labute approximate surface area is 113 Å². The highest BCUT2D eigenvalue weighted by Crippen LogP contribution is 2.26. The van der Waals surface area contributed by atoms with E-state index >= 15 is 0 Å². The maximum absolute atomic E-state index is 11.2. The lowest BCUT2D eigenvalue weighted by Crippen LogP contribution is -2.44. The van der Waals surface area contributed by atoms with Crippen molar-refractivity contribution in [3.63, 3.8) is 0 Å². The van der Waals surface area contributed by atoms with Gasteiger partial charge in [-0.15, -0.1) is 0 Å². The molecule has 0 unspecified atom stereocenters. The Bertz CT molecular complexity index is 593. The van der Waals surface area contributed by atoms with Gasteiger partial charge in [0, 0.05) is 12.0 Å². The van der Waals surface area contributed by atoms with E-state index in [-0.39, 0.29) is 11.4 Å². The molecule has 4 heteroatoms. The highest BCUT2D eigenvalue weighted by Gasteiger charge is 2.21. The maximum atomic E-state index is 11.2. The van der Waals surface area contributed by atoms with Gasteiger partial charge < -0.3 is 5.32 Å². The number of urea groups is 1. The van der Waals surface area contributed by atoms with E-state index in [0.29, 0.717) is 6.54 Å². The minimum atomic E-state index is -0.367. The number of rotatable bonds is 3. The highest BCUT2D eigenvalue weighted by molar-refractivity contribution is 5.83. The van der Waals surface area contributed by atoms with Crippen LogP contribution in [-0.2, 0) is 5.41 Å². The van der Waals surface area contributed by atoms with Crippen LogP contribution in [0.3, 0.4) is 0 Å². The molecule has 100 valence electrons. The van der Waals surface area contributed by atoms with E-state index in [4.69, 9.17) is 5.84 Å². The summed E-state index contributed by atoms with van der Waals surface area (Å²) in [5, 5.41) is 5.17. The van der Waals surface area contributed by atoms with Crippen molar-refractivity contribution in [2.24, 2.45) is 5.84 Å². The minimum absolute atomic E-state index is 0.156. The summed E-state index contributed by atoms with van der Waals surface area (Å²) < 4.78 is 0. The van der Waals surface area contributed by atoms with Crippen molar-refractivity contribution in [1.29, 1.82) is 0 Å². The number of benzene rings is 2. The molecule has 0 spiro atoms. The Kier molecular flexibility index (Phi) is 3.71. The zero-order valence-corrected chi connectivity index (χ0v) is 11.2. The number of hydrogen-bond acceptors (Lipinski definition) is 2. The van der Waals surface area contributed by atoms with Gasteiger partial charge in [0.15, 0.2) is 0 Å². The second kappa shape index (κ2) is 5.28. The summed E-state index contributed by atoms with van der Waals surface area (Å²) in [6.45, 7) is 4.70. The first kappa shape index (κ1) is 13.4. The largest absolute Gasteiger partial charge is 0.336 e. The normalized spacial score (nSPS) is 11.3. The summed E-state index contributed by atoms with van der Waals surface area (Å²) in [5.74, 6) is 5.05. The molecule has 2 rings (SSSR count). The molecular weight excluding hydrogens is 238 g/mol. The predicted molar refractivity (Wildman–Crippen MR) is 77.7 cm³/mol. The number of carbonyl (C=O) groups is 1. The number of nitrogens with two attached hydrogens (primary N) is 1. The topological polar surface area (TPSA) is 67.2 Å². The van der Waals surface area contributed by atoms with Gasteiger partial charge in [0.2, 0.25) is 0 Å². The van der Waals surface area contributed by atoms with E-state index in [0.717, 1.165) is 0 Å². The first-order valence-corrected chi connectivity index (χ1v) is 6.27. The van der Waals surface area contributed by atoms with Crippen molar-refractivity contribution in [3.05, 3.63) is 48.0 Å². The molecule has 0 aliphatic carbocycles. The van der Waals surface area contributed by atoms with Crippen LogP contribution >= 0.6 is 0 Å². The van der Waals surface area contributed by atoms with Gasteiger partial charge >= 0.3 is 6.03 Å². The van der Waals surface area contributed by atoms with Gasteiger partial charge in [0.05, 0.1) is 0 Å². The van der Waals surface area contributed by atoms with E-state index < -0.39 is 0 Å². The third-order valence-electron chi connectivity index (χ3n) is 3.35. The molecule has 4 nitrogen and oxygen atoms in total. The van der Waals surface area contributed by atoms with Crippen LogP contribution in [0.4, 0.5) is 4.79 Å². The molecule has 0 aliphatic rings. The lowest BCUT2D eigenvalue weighted by atomic mass is 9.83. The molecule has 0 saturated heterocycles. The number of hydrogen-bond donors (Lipinski definition) is 3. The second-order valence-electron chi connectivity index (χ2n) is 5.27. The third kappa shape index (κ3) is 3.03. The SMILES string of the molecule is CC(C)(CNC(=O)NN)c1ccc2ccccc2c1. The lowest BCUT2D eigenvalue weighted by Gasteiger charge is -2.26. The minimum Gasteiger partial charge on any atom is -0.336 e. The third-order valence-corrected chi connectivity index (χ3v) is 3.35.